The Labute approximate surface area is 149 Å². The first-order chi connectivity index (χ1) is 11.8. The maximum Gasteiger partial charge on any atom is 0.257 e. The van der Waals surface area contributed by atoms with Gasteiger partial charge in [0.15, 0.2) is 9.84 Å². The van der Waals surface area contributed by atoms with E-state index in [1.165, 1.54) is 0 Å². The van der Waals surface area contributed by atoms with E-state index in [0.717, 1.165) is 32.2 Å². The van der Waals surface area contributed by atoms with Gasteiger partial charge in [0, 0.05) is 25.7 Å². The summed E-state index contributed by atoms with van der Waals surface area (Å²) >= 11 is 0. The lowest BCUT2D eigenvalue weighted by Gasteiger charge is -2.35. The zero-order valence-corrected chi connectivity index (χ0v) is 15.8. The Bertz CT molecular complexity index is 695. The predicted molar refractivity (Wildman–Crippen MR) is 94.3 cm³/mol. The molecule has 3 rings (SSSR count). The summed E-state index contributed by atoms with van der Waals surface area (Å²) < 4.78 is 28.2. The molecule has 1 amide bonds. The molecule has 0 aromatic carbocycles. The van der Waals surface area contributed by atoms with Crippen LogP contribution >= 0.6 is 0 Å². The lowest BCUT2D eigenvalue weighted by Crippen LogP contribution is -2.45. The smallest absolute Gasteiger partial charge is 0.257 e. The lowest BCUT2D eigenvalue weighted by molar-refractivity contribution is 0.0910. The summed E-state index contributed by atoms with van der Waals surface area (Å²) in [6.07, 6.45) is 4.16. The number of rotatable bonds is 4. The fourth-order valence-electron chi connectivity index (χ4n) is 3.95. The van der Waals surface area contributed by atoms with Crippen molar-refractivity contribution in [3.63, 3.8) is 0 Å². The Kier molecular flexibility index (Phi) is 5.48. The topological polar surface area (TPSA) is 92.5 Å². The molecule has 2 heterocycles. The van der Waals surface area contributed by atoms with E-state index < -0.39 is 9.84 Å². The Morgan fingerprint density at radius 2 is 2.00 bits per heavy atom. The van der Waals surface area contributed by atoms with Crippen molar-refractivity contribution >= 4 is 15.7 Å². The van der Waals surface area contributed by atoms with Crippen LogP contribution in [0.3, 0.4) is 0 Å². The van der Waals surface area contributed by atoms with Gasteiger partial charge in [0.2, 0.25) is 0 Å². The zero-order chi connectivity index (χ0) is 18.0. The molecule has 0 radical (unpaired) electrons. The number of hydrogen-bond donors (Lipinski definition) is 1. The second kappa shape index (κ2) is 7.45. The number of nitrogens with one attached hydrogen (secondary N) is 1. The molecule has 1 aliphatic carbocycles. The van der Waals surface area contributed by atoms with Crippen molar-refractivity contribution in [2.24, 2.45) is 5.92 Å². The number of sulfone groups is 1. The summed E-state index contributed by atoms with van der Waals surface area (Å²) in [5.41, 5.74) is 1.17. The minimum atomic E-state index is -2.83. The maximum absolute atomic E-state index is 12.5. The van der Waals surface area contributed by atoms with Gasteiger partial charge in [-0.15, -0.1) is 0 Å². The third-order valence-electron chi connectivity index (χ3n) is 5.33. The van der Waals surface area contributed by atoms with Crippen LogP contribution in [0, 0.1) is 19.8 Å². The number of aromatic nitrogens is 1. The van der Waals surface area contributed by atoms with Gasteiger partial charge in [-0.25, -0.2) is 8.42 Å². The Morgan fingerprint density at radius 3 is 2.64 bits per heavy atom. The Hall–Kier alpha value is -1.41. The number of nitrogens with zero attached hydrogens (tertiary/aromatic N) is 2. The van der Waals surface area contributed by atoms with Gasteiger partial charge in [0.25, 0.3) is 5.91 Å². The molecule has 1 aromatic rings. The summed E-state index contributed by atoms with van der Waals surface area (Å²) in [6, 6.07) is 0.161. The Morgan fingerprint density at radius 1 is 1.28 bits per heavy atom. The average Bonchev–Trinajstić information content (AvgIpc) is 2.89. The third kappa shape index (κ3) is 4.61. The SMILES string of the molecule is Cc1noc(C)c1C(=O)N[C@@H]1CCC[C@@H](CN2CCS(=O)(=O)CC2)C1. The molecule has 2 fully saturated rings. The van der Waals surface area contributed by atoms with Crippen molar-refractivity contribution in [1.29, 1.82) is 0 Å². The van der Waals surface area contributed by atoms with E-state index in [-0.39, 0.29) is 23.5 Å². The molecular weight excluding hydrogens is 342 g/mol. The quantitative estimate of drug-likeness (QED) is 0.860. The largest absolute Gasteiger partial charge is 0.361 e. The van der Waals surface area contributed by atoms with E-state index in [9.17, 15) is 13.2 Å². The van der Waals surface area contributed by atoms with Gasteiger partial charge in [-0.3, -0.25) is 4.79 Å². The highest BCUT2D eigenvalue weighted by molar-refractivity contribution is 7.91. The summed E-state index contributed by atoms with van der Waals surface area (Å²) in [7, 11) is -2.83. The molecule has 2 aliphatic rings. The monoisotopic (exact) mass is 369 g/mol. The standard InChI is InChI=1S/C17H27N3O4S/c1-12-16(13(2)24-19-12)17(21)18-15-5-3-4-14(10-15)11-20-6-8-25(22,23)9-7-20/h14-15H,3-11H2,1-2H3,(H,18,21)/t14-,15-/m1/s1. The molecule has 1 aliphatic heterocycles. The highest BCUT2D eigenvalue weighted by Gasteiger charge is 2.29. The lowest BCUT2D eigenvalue weighted by atomic mass is 9.85. The summed E-state index contributed by atoms with van der Waals surface area (Å²) in [5.74, 6) is 1.49. The van der Waals surface area contributed by atoms with Crippen LogP contribution in [0.15, 0.2) is 4.52 Å². The molecule has 1 N–H and O–H groups in total. The van der Waals surface area contributed by atoms with Crippen molar-refractivity contribution < 1.29 is 17.7 Å². The van der Waals surface area contributed by atoms with E-state index in [2.05, 4.69) is 15.4 Å². The van der Waals surface area contributed by atoms with Crippen LogP contribution in [0.4, 0.5) is 0 Å². The molecule has 1 aromatic heterocycles. The normalized spacial score (nSPS) is 27.1. The molecule has 0 unspecified atom stereocenters. The summed E-state index contributed by atoms with van der Waals surface area (Å²) in [5, 5.41) is 6.97. The van der Waals surface area contributed by atoms with E-state index in [1.807, 2.05) is 0 Å². The van der Waals surface area contributed by atoms with Gasteiger partial charge in [-0.1, -0.05) is 11.6 Å². The molecule has 7 nitrogen and oxygen atoms in total. The predicted octanol–water partition coefficient (Wildman–Crippen LogP) is 1.31. The van der Waals surface area contributed by atoms with Crippen LogP contribution in [-0.2, 0) is 9.84 Å². The highest BCUT2D eigenvalue weighted by Crippen LogP contribution is 2.26. The van der Waals surface area contributed by atoms with Gasteiger partial charge in [-0.05, 0) is 39.0 Å². The van der Waals surface area contributed by atoms with Crippen molar-refractivity contribution in [1.82, 2.24) is 15.4 Å². The number of amides is 1. The number of hydrogen-bond acceptors (Lipinski definition) is 6. The first-order valence-electron chi connectivity index (χ1n) is 9.00. The second-order valence-electron chi connectivity index (χ2n) is 7.35. The van der Waals surface area contributed by atoms with Crippen LogP contribution in [0.25, 0.3) is 0 Å². The first-order valence-corrected chi connectivity index (χ1v) is 10.8. The molecule has 140 valence electrons. The van der Waals surface area contributed by atoms with Crippen LogP contribution in [0.1, 0.15) is 47.5 Å². The highest BCUT2D eigenvalue weighted by atomic mass is 32.2. The Balaban J connectivity index is 1.52. The van der Waals surface area contributed by atoms with E-state index in [1.54, 1.807) is 13.8 Å². The van der Waals surface area contributed by atoms with E-state index in [0.29, 0.717) is 36.0 Å². The number of carbonyl (C=O) groups excluding carboxylic acids is 1. The third-order valence-corrected chi connectivity index (χ3v) is 6.94. The van der Waals surface area contributed by atoms with Gasteiger partial charge >= 0.3 is 0 Å². The second-order valence-corrected chi connectivity index (χ2v) is 9.66. The van der Waals surface area contributed by atoms with Gasteiger partial charge in [-0.2, -0.15) is 0 Å². The van der Waals surface area contributed by atoms with E-state index >= 15 is 0 Å². The van der Waals surface area contributed by atoms with Crippen molar-refractivity contribution in [2.45, 2.75) is 45.6 Å². The van der Waals surface area contributed by atoms with Crippen molar-refractivity contribution in [3.05, 3.63) is 17.0 Å². The fraction of sp³-hybridized carbons (Fsp3) is 0.765. The molecule has 8 heteroatoms. The minimum absolute atomic E-state index is 0.106. The first kappa shape index (κ1) is 18.4. The van der Waals surface area contributed by atoms with Crippen LogP contribution in [0.5, 0.6) is 0 Å². The van der Waals surface area contributed by atoms with Gasteiger partial charge in [0.05, 0.1) is 17.2 Å². The molecule has 0 bridgehead atoms. The zero-order valence-electron chi connectivity index (χ0n) is 15.0. The van der Waals surface area contributed by atoms with E-state index in [4.69, 9.17) is 4.52 Å². The summed E-state index contributed by atoms with van der Waals surface area (Å²) in [4.78, 5) is 14.7. The summed E-state index contributed by atoms with van der Waals surface area (Å²) in [6.45, 7) is 5.72. The van der Waals surface area contributed by atoms with Crippen LogP contribution in [-0.4, -0.2) is 61.6 Å². The van der Waals surface area contributed by atoms with Crippen LogP contribution < -0.4 is 5.32 Å². The molecule has 25 heavy (non-hydrogen) atoms. The van der Waals surface area contributed by atoms with Crippen molar-refractivity contribution in [3.8, 4) is 0 Å². The number of aryl methyl sites for hydroxylation is 2. The minimum Gasteiger partial charge on any atom is -0.361 e. The van der Waals surface area contributed by atoms with Crippen LogP contribution in [0.2, 0.25) is 0 Å². The fourth-order valence-corrected chi connectivity index (χ4v) is 5.23. The maximum atomic E-state index is 12.5. The molecule has 1 saturated heterocycles. The van der Waals surface area contributed by atoms with Gasteiger partial charge < -0.3 is 14.7 Å². The molecular formula is C17H27N3O4S. The van der Waals surface area contributed by atoms with Crippen molar-refractivity contribution in [2.75, 3.05) is 31.1 Å². The van der Waals surface area contributed by atoms with Gasteiger partial charge in [0.1, 0.15) is 11.3 Å². The molecule has 2 atom stereocenters. The number of carbonyl (C=O) groups is 1. The average molecular weight is 369 g/mol. The molecule has 1 saturated carbocycles. The molecule has 0 spiro atoms.